The van der Waals surface area contributed by atoms with Gasteiger partial charge < -0.3 is 40.8 Å². The number of rotatable bonds is 18. The van der Waals surface area contributed by atoms with E-state index < -0.39 is 59.2 Å². The molecule has 0 radical (unpaired) electrons. The average Bonchev–Trinajstić information content (AvgIpc) is 3.67. The minimum atomic E-state index is -1.31. The monoisotopic (exact) mass is 854 g/mol. The molecule has 0 unspecified atom stereocenters. The van der Waals surface area contributed by atoms with Crippen LogP contribution in [-0.4, -0.2) is 104 Å². The van der Waals surface area contributed by atoms with E-state index in [9.17, 15) is 28.8 Å². The zero-order chi connectivity index (χ0) is 44.1. The first kappa shape index (κ1) is 46.0. The lowest BCUT2D eigenvalue weighted by Gasteiger charge is -2.30. The van der Waals surface area contributed by atoms with Crippen LogP contribution in [0, 0.1) is 11.8 Å². The van der Waals surface area contributed by atoms with Crippen molar-refractivity contribution in [3.05, 3.63) is 77.9 Å². The molecule has 5 N–H and O–H groups in total. The highest BCUT2D eigenvalue weighted by molar-refractivity contribution is 6.38. The van der Waals surface area contributed by atoms with Gasteiger partial charge in [0.15, 0.2) is 0 Å². The predicted octanol–water partition coefficient (Wildman–Crippen LogP) is 4.30. The number of carbonyl (C=O) groups is 6. The molecule has 1 saturated carbocycles. The molecule has 0 bridgehead atoms. The van der Waals surface area contributed by atoms with Gasteiger partial charge in [0.25, 0.3) is 5.91 Å². The van der Waals surface area contributed by atoms with Gasteiger partial charge >= 0.3 is 6.09 Å². The maximum atomic E-state index is 14.5. The predicted molar refractivity (Wildman–Crippen MR) is 233 cm³/mol. The van der Waals surface area contributed by atoms with Crippen molar-refractivity contribution < 1.29 is 43.0 Å². The molecular weight excluding hydrogens is 793 g/mol. The fraction of sp³-hybridized carbons (Fsp3) is 0.532. The van der Waals surface area contributed by atoms with E-state index in [1.807, 2.05) is 54.6 Å². The molecule has 4 atom stereocenters. The number of alkyl carbamates (subject to hydrolysis) is 1. The van der Waals surface area contributed by atoms with Crippen molar-refractivity contribution in [2.24, 2.45) is 11.8 Å². The molecule has 3 aliphatic rings. The second-order valence-corrected chi connectivity index (χ2v) is 17.7. The number of hydrogen-bond donors (Lipinski definition) is 5. The number of nitrogens with zero attached hydrogens (tertiary/aromatic N) is 1. The van der Waals surface area contributed by atoms with E-state index in [-0.39, 0.29) is 37.7 Å². The Morgan fingerprint density at radius 1 is 0.806 bits per heavy atom. The summed E-state index contributed by atoms with van der Waals surface area (Å²) in [5.41, 5.74) is 0.794. The molecule has 0 spiro atoms. The maximum absolute atomic E-state index is 14.5. The summed E-state index contributed by atoms with van der Waals surface area (Å²) in [6, 6.07) is 17.1. The third-order valence-electron chi connectivity index (χ3n) is 11.7. The SMILES string of the molecule is CC(C)(C)NC(=O)C(=O)[C@H](C[C@@H]1CCNC1=O)NC(=O)[C@H](CC1CCCCC1)NC(=O)[C@H](Cc1cccc2ccccc12)NC(=O)OCc1ccc(OCN2CCOCC2)cc1. The van der Waals surface area contributed by atoms with Crippen molar-refractivity contribution in [1.29, 1.82) is 0 Å². The molecule has 6 rings (SSSR count). The third-order valence-corrected chi connectivity index (χ3v) is 11.7. The molecular formula is C47H62N6O9. The van der Waals surface area contributed by atoms with Crippen LogP contribution in [0.1, 0.15) is 83.3 Å². The minimum Gasteiger partial charge on any atom is -0.478 e. The summed E-state index contributed by atoms with van der Waals surface area (Å²) in [6.45, 7) is 8.98. The van der Waals surface area contributed by atoms with Crippen molar-refractivity contribution in [2.75, 3.05) is 39.6 Å². The number of benzene rings is 3. The van der Waals surface area contributed by atoms with Gasteiger partial charge in [-0.1, -0.05) is 86.7 Å². The van der Waals surface area contributed by atoms with Crippen LogP contribution in [0.3, 0.4) is 0 Å². The molecule has 3 fully saturated rings. The fourth-order valence-corrected chi connectivity index (χ4v) is 8.29. The Morgan fingerprint density at radius 2 is 1.50 bits per heavy atom. The van der Waals surface area contributed by atoms with E-state index >= 15 is 0 Å². The van der Waals surface area contributed by atoms with E-state index in [0.717, 1.165) is 61.5 Å². The van der Waals surface area contributed by atoms with Crippen LogP contribution in [0.4, 0.5) is 4.79 Å². The summed E-state index contributed by atoms with van der Waals surface area (Å²) in [6.07, 6.45) is 4.71. The van der Waals surface area contributed by atoms with E-state index in [1.54, 1.807) is 32.9 Å². The van der Waals surface area contributed by atoms with Crippen molar-refractivity contribution >= 4 is 46.3 Å². The van der Waals surface area contributed by atoms with Gasteiger partial charge in [-0.2, -0.15) is 0 Å². The highest BCUT2D eigenvalue weighted by Crippen LogP contribution is 2.28. The number of ketones is 1. The number of Topliss-reactive ketones (excluding diaryl/α,β-unsaturated/α-hetero) is 1. The summed E-state index contributed by atoms with van der Waals surface area (Å²) < 4.78 is 16.9. The highest BCUT2D eigenvalue weighted by atomic mass is 16.5. The Hall–Kier alpha value is -5.54. The summed E-state index contributed by atoms with van der Waals surface area (Å²) >= 11 is 0. The Balaban J connectivity index is 1.18. The summed E-state index contributed by atoms with van der Waals surface area (Å²) in [5, 5.41) is 15.8. The molecule has 2 saturated heterocycles. The van der Waals surface area contributed by atoms with Crippen LogP contribution in [0.2, 0.25) is 0 Å². The van der Waals surface area contributed by atoms with Gasteiger partial charge in [0.05, 0.1) is 19.3 Å². The van der Waals surface area contributed by atoms with Gasteiger partial charge in [-0.15, -0.1) is 0 Å². The molecule has 15 nitrogen and oxygen atoms in total. The molecule has 0 aromatic heterocycles. The van der Waals surface area contributed by atoms with Crippen LogP contribution in [-0.2, 0) is 46.5 Å². The summed E-state index contributed by atoms with van der Waals surface area (Å²) in [5.74, 6) is -3.04. The van der Waals surface area contributed by atoms with Gasteiger partial charge in [0, 0.05) is 37.5 Å². The van der Waals surface area contributed by atoms with Gasteiger partial charge in [-0.3, -0.25) is 28.9 Å². The second-order valence-electron chi connectivity index (χ2n) is 17.7. The third kappa shape index (κ3) is 13.7. The Labute approximate surface area is 363 Å². The van der Waals surface area contributed by atoms with E-state index in [2.05, 4.69) is 31.5 Å². The van der Waals surface area contributed by atoms with Crippen LogP contribution in [0.25, 0.3) is 10.8 Å². The zero-order valence-corrected chi connectivity index (χ0v) is 36.2. The first-order valence-electron chi connectivity index (χ1n) is 22.0. The van der Waals surface area contributed by atoms with Crippen LogP contribution in [0.15, 0.2) is 66.7 Å². The van der Waals surface area contributed by atoms with Crippen molar-refractivity contribution in [3.8, 4) is 5.75 Å². The molecule has 334 valence electrons. The van der Waals surface area contributed by atoms with Crippen LogP contribution >= 0.6 is 0 Å². The maximum Gasteiger partial charge on any atom is 0.408 e. The molecule has 2 heterocycles. The molecule has 3 aromatic rings. The first-order valence-corrected chi connectivity index (χ1v) is 22.0. The molecule has 3 aromatic carbocycles. The quantitative estimate of drug-likeness (QED) is 0.115. The second kappa shape index (κ2) is 22.0. The Bertz CT molecular complexity index is 2020. The van der Waals surface area contributed by atoms with E-state index in [0.29, 0.717) is 44.2 Å². The lowest BCUT2D eigenvalue weighted by Crippen LogP contribution is -2.58. The van der Waals surface area contributed by atoms with Gasteiger partial charge in [0.2, 0.25) is 23.5 Å². The van der Waals surface area contributed by atoms with Crippen molar-refractivity contribution in [1.82, 2.24) is 31.5 Å². The standard InChI is InChI=1S/C47H62N6O9/c1-47(2,3)52-45(58)41(54)38(28-35-20-21-48-42(35)55)49-43(56)39(26-31-10-5-4-6-11-31)50-44(57)40(27-34-14-9-13-33-12-7-8-15-37(33)34)51-46(59)61-29-32-16-18-36(19-17-32)62-30-53-22-24-60-25-23-53/h7-9,12-19,31,35,38-40H,4-6,10-11,20-30H2,1-3H3,(H,48,55)(H,49,56)(H,50,57)(H,51,59)(H,52,58)/t35-,38-,39-,40-/m0/s1. The van der Waals surface area contributed by atoms with Crippen molar-refractivity contribution in [3.63, 3.8) is 0 Å². The van der Waals surface area contributed by atoms with Crippen molar-refractivity contribution in [2.45, 2.75) is 109 Å². The number of morpholine rings is 1. The molecule has 62 heavy (non-hydrogen) atoms. The lowest BCUT2D eigenvalue weighted by atomic mass is 9.84. The van der Waals surface area contributed by atoms with Crippen LogP contribution in [0.5, 0.6) is 5.75 Å². The average molecular weight is 855 g/mol. The normalized spacial score (nSPS) is 18.8. The molecule has 1 aliphatic carbocycles. The number of ether oxygens (including phenoxy) is 3. The number of carbonyl (C=O) groups excluding carboxylic acids is 6. The Morgan fingerprint density at radius 3 is 2.21 bits per heavy atom. The molecule has 2 aliphatic heterocycles. The minimum absolute atomic E-state index is 0.0673. The molecule has 15 heteroatoms. The highest BCUT2D eigenvalue weighted by Gasteiger charge is 2.37. The van der Waals surface area contributed by atoms with E-state index in [1.165, 1.54) is 0 Å². The summed E-state index contributed by atoms with van der Waals surface area (Å²) in [7, 11) is 0. The number of fused-ring (bicyclic) bond motifs is 1. The zero-order valence-electron chi connectivity index (χ0n) is 36.2. The van der Waals surface area contributed by atoms with Gasteiger partial charge in [-0.25, -0.2) is 4.79 Å². The topological polar surface area (TPSA) is 193 Å². The smallest absolute Gasteiger partial charge is 0.408 e. The van der Waals surface area contributed by atoms with Gasteiger partial charge in [0.1, 0.15) is 31.2 Å². The fourth-order valence-electron chi connectivity index (χ4n) is 8.29. The van der Waals surface area contributed by atoms with Gasteiger partial charge in [-0.05, 0) is 80.0 Å². The van der Waals surface area contributed by atoms with Crippen LogP contribution < -0.4 is 31.3 Å². The molecule has 5 amide bonds. The lowest BCUT2D eigenvalue weighted by molar-refractivity contribution is -0.142. The van der Waals surface area contributed by atoms with E-state index in [4.69, 9.17) is 14.2 Å². The largest absolute Gasteiger partial charge is 0.478 e. The summed E-state index contributed by atoms with van der Waals surface area (Å²) in [4.78, 5) is 84.0. The number of hydrogen-bond acceptors (Lipinski definition) is 10. The number of nitrogens with one attached hydrogen (secondary N) is 5. The number of amides is 5. The first-order chi connectivity index (χ1) is 29.8. The Kier molecular flexibility index (Phi) is 16.3.